The van der Waals surface area contributed by atoms with Crippen LogP contribution in [0.25, 0.3) is 11.0 Å². The van der Waals surface area contributed by atoms with E-state index >= 15 is 0 Å². The number of hydrogen-bond donors (Lipinski definition) is 5. The zero-order valence-electron chi connectivity index (χ0n) is 20.5. The number of aliphatic imine (C=N–C) groups is 1. The molecule has 0 saturated carbocycles. The van der Waals surface area contributed by atoms with Gasteiger partial charge in [0.1, 0.15) is 0 Å². The van der Waals surface area contributed by atoms with Crippen LogP contribution in [0.15, 0.2) is 53.5 Å². The smallest absolute Gasteiger partial charge is 0.234 e. The number of benzene rings is 2. The Morgan fingerprint density at radius 1 is 0.771 bits per heavy atom. The van der Waals surface area contributed by atoms with E-state index in [-0.39, 0.29) is 5.96 Å². The highest BCUT2D eigenvalue weighted by atomic mass is 15.2. The number of para-hydroxylation sites is 2. The largest absolute Gasteiger partial charge is 0.370 e. The minimum Gasteiger partial charge on any atom is -0.370 e. The van der Waals surface area contributed by atoms with Crippen LogP contribution in [-0.2, 0) is 13.1 Å². The third-order valence-electron chi connectivity index (χ3n) is 6.32. The summed E-state index contributed by atoms with van der Waals surface area (Å²) in [5.41, 5.74) is 15.9. The van der Waals surface area contributed by atoms with Crippen molar-refractivity contribution in [1.82, 2.24) is 30.4 Å². The summed E-state index contributed by atoms with van der Waals surface area (Å²) in [5, 5.41) is 10.6. The summed E-state index contributed by atoms with van der Waals surface area (Å²) < 4.78 is 2.09. The van der Waals surface area contributed by atoms with Gasteiger partial charge in [-0.3, -0.25) is 4.90 Å². The van der Waals surface area contributed by atoms with Crippen molar-refractivity contribution in [2.45, 2.75) is 25.9 Å². The number of rotatable bonds is 5. The van der Waals surface area contributed by atoms with Crippen LogP contribution in [0.4, 0.5) is 5.95 Å². The van der Waals surface area contributed by atoms with Crippen LogP contribution in [0.3, 0.4) is 0 Å². The van der Waals surface area contributed by atoms with Gasteiger partial charge < -0.3 is 32.0 Å². The molecule has 1 fully saturated rings. The van der Waals surface area contributed by atoms with Gasteiger partial charge in [-0.25, -0.2) is 4.98 Å². The molecule has 35 heavy (non-hydrogen) atoms. The predicted molar refractivity (Wildman–Crippen MR) is 144 cm³/mol. The Balaban J connectivity index is 1.52. The summed E-state index contributed by atoms with van der Waals surface area (Å²) >= 11 is 0. The highest BCUT2D eigenvalue weighted by molar-refractivity contribution is 5.82. The lowest BCUT2D eigenvalue weighted by molar-refractivity contribution is 0.259. The van der Waals surface area contributed by atoms with Crippen LogP contribution in [0.1, 0.15) is 24.0 Å². The molecule has 188 valence electrons. The van der Waals surface area contributed by atoms with E-state index in [0.29, 0.717) is 12.5 Å². The van der Waals surface area contributed by atoms with Crippen LogP contribution in [0.2, 0.25) is 0 Å². The number of aromatic nitrogens is 2. The Labute approximate surface area is 208 Å². The SMILES string of the molecule is NC(N)=Nc1nc2ccccc2n1Cc1ccccc1CN1CCCNCCNCCCNCC1. The highest BCUT2D eigenvalue weighted by Crippen LogP contribution is 2.24. The van der Waals surface area contributed by atoms with Crippen molar-refractivity contribution >= 4 is 22.9 Å². The van der Waals surface area contributed by atoms with Gasteiger partial charge in [-0.05, 0) is 62.3 Å². The second-order valence-corrected chi connectivity index (χ2v) is 9.03. The lowest BCUT2D eigenvalue weighted by atomic mass is 10.1. The molecule has 1 aromatic heterocycles. The molecule has 1 aliphatic rings. The fraction of sp³-hybridized carbons (Fsp3) is 0.462. The average Bonchev–Trinajstić information content (AvgIpc) is 3.18. The van der Waals surface area contributed by atoms with Gasteiger partial charge in [0.25, 0.3) is 0 Å². The van der Waals surface area contributed by atoms with Gasteiger partial charge in [-0.15, -0.1) is 0 Å². The van der Waals surface area contributed by atoms with Crippen molar-refractivity contribution in [3.05, 3.63) is 59.7 Å². The van der Waals surface area contributed by atoms with Gasteiger partial charge >= 0.3 is 0 Å². The summed E-state index contributed by atoms with van der Waals surface area (Å²) in [5.74, 6) is 0.543. The number of imidazole rings is 1. The van der Waals surface area contributed by atoms with E-state index in [1.165, 1.54) is 11.1 Å². The molecule has 2 aromatic carbocycles. The molecule has 4 rings (SSSR count). The normalized spacial score (nSPS) is 17.1. The van der Waals surface area contributed by atoms with Crippen molar-refractivity contribution in [2.75, 3.05) is 52.4 Å². The summed E-state index contributed by atoms with van der Waals surface area (Å²) in [7, 11) is 0. The van der Waals surface area contributed by atoms with Crippen molar-refractivity contribution in [1.29, 1.82) is 0 Å². The summed E-state index contributed by atoms with van der Waals surface area (Å²) in [6.45, 7) is 9.84. The fourth-order valence-electron chi connectivity index (χ4n) is 4.52. The molecule has 1 aliphatic heterocycles. The summed E-state index contributed by atoms with van der Waals surface area (Å²) in [4.78, 5) is 11.5. The molecule has 0 bridgehead atoms. The molecule has 9 nitrogen and oxygen atoms in total. The minimum atomic E-state index is 0.0116. The van der Waals surface area contributed by atoms with Crippen molar-refractivity contribution in [3.63, 3.8) is 0 Å². The Morgan fingerprint density at radius 2 is 1.43 bits per heavy atom. The molecule has 1 saturated heterocycles. The number of hydrogen-bond acceptors (Lipinski definition) is 6. The Kier molecular flexibility index (Phi) is 9.47. The van der Waals surface area contributed by atoms with E-state index in [0.717, 1.165) is 82.8 Å². The quantitative estimate of drug-likeness (QED) is 0.278. The number of nitrogens with one attached hydrogen (secondary N) is 3. The third kappa shape index (κ3) is 7.50. The maximum Gasteiger partial charge on any atom is 0.234 e. The number of fused-ring (bicyclic) bond motifs is 1. The first-order valence-electron chi connectivity index (χ1n) is 12.7. The summed E-state index contributed by atoms with van der Waals surface area (Å²) in [6, 6.07) is 16.7. The molecule has 2 heterocycles. The zero-order chi connectivity index (χ0) is 24.3. The standard InChI is InChI=1S/C26H39N9/c27-25(28)33-26-32-23-9-3-4-10-24(23)35(26)20-22-8-2-1-7-21(22)19-34-17-6-13-30-15-14-29-11-5-12-31-16-18-34/h1-4,7-10,29-31H,5-6,11-20H2,(H4,27,28,32,33). The predicted octanol–water partition coefficient (Wildman–Crippen LogP) is 1.35. The van der Waals surface area contributed by atoms with E-state index in [2.05, 4.69) is 65.7 Å². The molecular formula is C26H39N9. The van der Waals surface area contributed by atoms with Crippen molar-refractivity contribution in [2.24, 2.45) is 16.5 Å². The topological polar surface area (TPSA) is 122 Å². The minimum absolute atomic E-state index is 0.0116. The van der Waals surface area contributed by atoms with Crippen LogP contribution in [0.5, 0.6) is 0 Å². The third-order valence-corrected chi connectivity index (χ3v) is 6.32. The Morgan fingerprint density at radius 3 is 2.20 bits per heavy atom. The molecular weight excluding hydrogens is 438 g/mol. The van der Waals surface area contributed by atoms with Gasteiger partial charge in [0.2, 0.25) is 5.95 Å². The molecule has 7 N–H and O–H groups in total. The lowest BCUT2D eigenvalue weighted by Gasteiger charge is -2.24. The molecule has 0 amide bonds. The zero-order valence-corrected chi connectivity index (χ0v) is 20.5. The number of guanidine groups is 1. The lowest BCUT2D eigenvalue weighted by Crippen LogP contribution is -2.36. The maximum absolute atomic E-state index is 5.71. The maximum atomic E-state index is 5.71. The van der Waals surface area contributed by atoms with Crippen molar-refractivity contribution < 1.29 is 0 Å². The Hall–Kier alpha value is -2.98. The van der Waals surface area contributed by atoms with Gasteiger partial charge in [0, 0.05) is 32.7 Å². The van der Waals surface area contributed by atoms with Crippen LogP contribution >= 0.6 is 0 Å². The number of nitrogens with two attached hydrogens (primary N) is 2. The molecule has 0 radical (unpaired) electrons. The molecule has 0 aliphatic carbocycles. The van der Waals surface area contributed by atoms with E-state index in [9.17, 15) is 0 Å². The van der Waals surface area contributed by atoms with Gasteiger partial charge in [-0.1, -0.05) is 36.4 Å². The van der Waals surface area contributed by atoms with Gasteiger partial charge in [0.05, 0.1) is 17.6 Å². The highest BCUT2D eigenvalue weighted by Gasteiger charge is 2.14. The molecule has 0 atom stereocenters. The first kappa shape index (κ1) is 25.1. The molecule has 3 aromatic rings. The molecule has 0 unspecified atom stereocenters. The Bertz CT molecular complexity index is 1070. The monoisotopic (exact) mass is 477 g/mol. The first-order valence-corrected chi connectivity index (χ1v) is 12.7. The fourth-order valence-corrected chi connectivity index (χ4v) is 4.52. The van der Waals surface area contributed by atoms with Gasteiger partial charge in [-0.2, -0.15) is 4.99 Å². The average molecular weight is 478 g/mol. The molecule has 0 spiro atoms. The van der Waals surface area contributed by atoms with Gasteiger partial charge in [0.15, 0.2) is 5.96 Å². The van der Waals surface area contributed by atoms with Crippen molar-refractivity contribution in [3.8, 4) is 0 Å². The second-order valence-electron chi connectivity index (χ2n) is 9.03. The van der Waals surface area contributed by atoms with E-state index < -0.39 is 0 Å². The van der Waals surface area contributed by atoms with Crippen LogP contribution < -0.4 is 27.4 Å². The second kappa shape index (κ2) is 13.2. The van der Waals surface area contributed by atoms with E-state index in [1.54, 1.807) is 0 Å². The van der Waals surface area contributed by atoms with Crippen LogP contribution in [0, 0.1) is 0 Å². The van der Waals surface area contributed by atoms with Crippen LogP contribution in [-0.4, -0.2) is 72.8 Å². The molecule has 9 heteroatoms. The van der Waals surface area contributed by atoms with E-state index in [1.807, 2.05) is 18.2 Å². The van der Waals surface area contributed by atoms with E-state index in [4.69, 9.17) is 11.5 Å². The summed E-state index contributed by atoms with van der Waals surface area (Å²) in [6.07, 6.45) is 2.28. The first-order chi connectivity index (χ1) is 17.2. The number of nitrogens with zero attached hydrogens (tertiary/aromatic N) is 4.